The molecule has 8 heteroatoms. The molecule has 1 fully saturated rings. The SMILES string of the molecule is Cc1nc(-c2ccc(C)c(NC(=O)CC3COCCN3)c2)n[nH]1.Cl. The zero-order valence-corrected chi connectivity index (χ0v) is 14.6. The van der Waals surface area contributed by atoms with E-state index in [9.17, 15) is 4.79 Å². The Kier molecular flexibility index (Phi) is 6.30. The molecule has 2 aromatic rings. The Hall–Kier alpha value is -1.96. The maximum atomic E-state index is 12.2. The van der Waals surface area contributed by atoms with E-state index in [4.69, 9.17) is 4.74 Å². The van der Waals surface area contributed by atoms with Gasteiger partial charge < -0.3 is 15.4 Å². The third-order valence-corrected chi connectivity index (χ3v) is 3.80. The first-order valence-corrected chi connectivity index (χ1v) is 7.73. The number of nitrogens with zero attached hydrogens (tertiary/aromatic N) is 2. The van der Waals surface area contributed by atoms with Crippen molar-refractivity contribution in [2.45, 2.75) is 26.3 Å². The fourth-order valence-corrected chi connectivity index (χ4v) is 2.54. The fraction of sp³-hybridized carbons (Fsp3) is 0.438. The summed E-state index contributed by atoms with van der Waals surface area (Å²) >= 11 is 0. The smallest absolute Gasteiger partial charge is 0.226 e. The van der Waals surface area contributed by atoms with Crippen LogP contribution in [0.25, 0.3) is 11.4 Å². The molecule has 1 aliphatic rings. The Morgan fingerprint density at radius 3 is 2.92 bits per heavy atom. The van der Waals surface area contributed by atoms with E-state index in [1.165, 1.54) is 0 Å². The zero-order valence-electron chi connectivity index (χ0n) is 13.8. The summed E-state index contributed by atoms with van der Waals surface area (Å²) in [5.41, 5.74) is 2.66. The van der Waals surface area contributed by atoms with E-state index in [0.29, 0.717) is 25.5 Å². The topological polar surface area (TPSA) is 91.9 Å². The van der Waals surface area contributed by atoms with Crippen LogP contribution >= 0.6 is 12.4 Å². The molecule has 1 unspecified atom stereocenters. The van der Waals surface area contributed by atoms with Crippen LogP contribution in [0.5, 0.6) is 0 Å². The minimum absolute atomic E-state index is 0. The van der Waals surface area contributed by atoms with Gasteiger partial charge in [-0.05, 0) is 25.5 Å². The van der Waals surface area contributed by atoms with E-state index in [1.807, 2.05) is 32.0 Å². The Balaban J connectivity index is 0.00000208. The monoisotopic (exact) mass is 351 g/mol. The number of hydrogen-bond donors (Lipinski definition) is 3. The second-order valence-electron chi connectivity index (χ2n) is 5.75. The third-order valence-electron chi connectivity index (χ3n) is 3.80. The third kappa shape index (κ3) is 4.53. The first-order chi connectivity index (χ1) is 11.1. The van der Waals surface area contributed by atoms with Crippen LogP contribution in [-0.2, 0) is 9.53 Å². The Morgan fingerprint density at radius 2 is 2.25 bits per heavy atom. The van der Waals surface area contributed by atoms with Gasteiger partial charge in [-0.2, -0.15) is 5.10 Å². The minimum atomic E-state index is -0.0283. The van der Waals surface area contributed by atoms with Crippen molar-refractivity contribution in [2.24, 2.45) is 0 Å². The fourth-order valence-electron chi connectivity index (χ4n) is 2.54. The Bertz CT molecular complexity index is 698. The first-order valence-electron chi connectivity index (χ1n) is 7.73. The molecule has 1 atom stereocenters. The molecular weight excluding hydrogens is 330 g/mol. The van der Waals surface area contributed by atoms with Crippen LogP contribution in [0.1, 0.15) is 17.8 Å². The number of rotatable bonds is 4. The number of ether oxygens (including phenoxy) is 1. The zero-order chi connectivity index (χ0) is 16.2. The van der Waals surface area contributed by atoms with Gasteiger partial charge in [0.15, 0.2) is 5.82 Å². The lowest BCUT2D eigenvalue weighted by atomic mass is 10.1. The van der Waals surface area contributed by atoms with Gasteiger partial charge in [-0.3, -0.25) is 9.89 Å². The quantitative estimate of drug-likeness (QED) is 0.781. The largest absolute Gasteiger partial charge is 0.378 e. The number of halogens is 1. The van der Waals surface area contributed by atoms with Gasteiger partial charge in [-0.25, -0.2) is 4.98 Å². The average molecular weight is 352 g/mol. The molecule has 1 aromatic carbocycles. The molecule has 1 aliphatic heterocycles. The highest BCUT2D eigenvalue weighted by atomic mass is 35.5. The Morgan fingerprint density at radius 1 is 1.42 bits per heavy atom. The van der Waals surface area contributed by atoms with Crippen molar-refractivity contribution in [1.29, 1.82) is 0 Å². The number of carbonyl (C=O) groups excluding carboxylic acids is 1. The normalized spacial score (nSPS) is 17.2. The van der Waals surface area contributed by atoms with Gasteiger partial charge in [0.25, 0.3) is 0 Å². The second kappa shape index (κ2) is 8.23. The number of aromatic amines is 1. The van der Waals surface area contributed by atoms with Crippen LogP contribution in [0.15, 0.2) is 18.2 Å². The summed E-state index contributed by atoms with van der Waals surface area (Å²) in [6.45, 7) is 5.88. The average Bonchev–Trinajstić information content (AvgIpc) is 2.97. The number of aryl methyl sites for hydroxylation is 2. The highest BCUT2D eigenvalue weighted by Crippen LogP contribution is 2.23. The number of H-pyrrole nitrogens is 1. The number of hydrogen-bond acceptors (Lipinski definition) is 5. The van der Waals surface area contributed by atoms with Crippen molar-refractivity contribution < 1.29 is 9.53 Å². The molecule has 24 heavy (non-hydrogen) atoms. The molecule has 1 amide bonds. The van der Waals surface area contributed by atoms with Gasteiger partial charge in [-0.1, -0.05) is 12.1 Å². The van der Waals surface area contributed by atoms with Crippen molar-refractivity contribution in [3.8, 4) is 11.4 Å². The minimum Gasteiger partial charge on any atom is -0.378 e. The van der Waals surface area contributed by atoms with Crippen molar-refractivity contribution >= 4 is 24.0 Å². The van der Waals surface area contributed by atoms with Crippen molar-refractivity contribution in [3.05, 3.63) is 29.6 Å². The molecule has 0 spiro atoms. The van der Waals surface area contributed by atoms with Crippen LogP contribution < -0.4 is 10.6 Å². The summed E-state index contributed by atoms with van der Waals surface area (Å²) in [5.74, 6) is 1.36. The van der Waals surface area contributed by atoms with E-state index in [0.717, 1.165) is 29.2 Å². The van der Waals surface area contributed by atoms with E-state index in [1.54, 1.807) is 0 Å². The summed E-state index contributed by atoms with van der Waals surface area (Å²) in [5, 5.41) is 13.2. The highest BCUT2D eigenvalue weighted by Gasteiger charge is 2.17. The molecular formula is C16H22ClN5O2. The van der Waals surface area contributed by atoms with Gasteiger partial charge in [0, 0.05) is 30.3 Å². The van der Waals surface area contributed by atoms with Crippen LogP contribution in [0, 0.1) is 13.8 Å². The number of benzene rings is 1. The van der Waals surface area contributed by atoms with Gasteiger partial charge in [0.1, 0.15) is 5.82 Å². The number of morpholine rings is 1. The molecule has 1 aromatic heterocycles. The molecule has 1 saturated heterocycles. The van der Waals surface area contributed by atoms with Crippen molar-refractivity contribution in [1.82, 2.24) is 20.5 Å². The molecule has 3 N–H and O–H groups in total. The number of carbonyl (C=O) groups is 1. The number of nitrogens with one attached hydrogen (secondary N) is 3. The predicted molar refractivity (Wildman–Crippen MR) is 94.4 cm³/mol. The van der Waals surface area contributed by atoms with Gasteiger partial charge in [-0.15, -0.1) is 12.4 Å². The lowest BCUT2D eigenvalue weighted by Gasteiger charge is -2.23. The van der Waals surface area contributed by atoms with Gasteiger partial charge in [0.05, 0.1) is 13.2 Å². The highest BCUT2D eigenvalue weighted by molar-refractivity contribution is 5.92. The summed E-state index contributed by atoms with van der Waals surface area (Å²) in [7, 11) is 0. The van der Waals surface area contributed by atoms with Crippen molar-refractivity contribution in [3.63, 3.8) is 0 Å². The maximum absolute atomic E-state index is 12.2. The van der Waals surface area contributed by atoms with Crippen molar-refractivity contribution in [2.75, 3.05) is 25.1 Å². The standard InChI is InChI=1S/C16H21N5O2.ClH/c1-10-3-4-12(16-18-11(2)20-21-16)7-14(10)19-15(22)8-13-9-23-6-5-17-13;/h3-4,7,13,17H,5-6,8-9H2,1-2H3,(H,19,22)(H,18,20,21);1H. The molecule has 0 bridgehead atoms. The first kappa shape index (κ1) is 18.4. The summed E-state index contributed by atoms with van der Waals surface area (Å²) in [4.78, 5) is 16.6. The van der Waals surface area contributed by atoms with Crippen LogP contribution in [0.2, 0.25) is 0 Å². The van der Waals surface area contributed by atoms with E-state index in [2.05, 4.69) is 25.8 Å². The van der Waals surface area contributed by atoms with E-state index < -0.39 is 0 Å². The summed E-state index contributed by atoms with van der Waals surface area (Å²) in [6.07, 6.45) is 0.392. The second-order valence-corrected chi connectivity index (χ2v) is 5.75. The number of aromatic nitrogens is 3. The number of anilines is 1. The predicted octanol–water partition coefficient (Wildman–Crippen LogP) is 1.83. The van der Waals surface area contributed by atoms with Gasteiger partial charge >= 0.3 is 0 Å². The lowest BCUT2D eigenvalue weighted by Crippen LogP contribution is -2.43. The molecule has 0 aliphatic carbocycles. The Labute approximate surface area is 147 Å². The lowest BCUT2D eigenvalue weighted by molar-refractivity contribution is -0.117. The molecule has 7 nitrogen and oxygen atoms in total. The van der Waals surface area contributed by atoms with Crippen LogP contribution in [-0.4, -0.2) is 46.9 Å². The summed E-state index contributed by atoms with van der Waals surface area (Å²) in [6, 6.07) is 5.88. The maximum Gasteiger partial charge on any atom is 0.226 e. The molecule has 130 valence electrons. The van der Waals surface area contributed by atoms with Crippen LogP contribution in [0.4, 0.5) is 5.69 Å². The van der Waals surface area contributed by atoms with Crippen LogP contribution in [0.3, 0.4) is 0 Å². The summed E-state index contributed by atoms with van der Waals surface area (Å²) < 4.78 is 5.37. The van der Waals surface area contributed by atoms with E-state index in [-0.39, 0.29) is 24.4 Å². The van der Waals surface area contributed by atoms with E-state index >= 15 is 0 Å². The number of amides is 1. The molecule has 3 rings (SSSR count). The molecule has 0 saturated carbocycles. The molecule has 0 radical (unpaired) electrons. The van der Waals surface area contributed by atoms with Gasteiger partial charge in [0.2, 0.25) is 5.91 Å². The molecule has 2 heterocycles.